The van der Waals surface area contributed by atoms with E-state index >= 15 is 0 Å². The minimum atomic E-state index is -0.194. The van der Waals surface area contributed by atoms with Gasteiger partial charge >= 0.3 is 0 Å². The number of hydrogen-bond donors (Lipinski definition) is 0. The zero-order chi connectivity index (χ0) is 11.4. The molecule has 1 aliphatic heterocycles. The predicted octanol–water partition coefficient (Wildman–Crippen LogP) is 2.24. The molecule has 2 rings (SSSR count). The van der Waals surface area contributed by atoms with Crippen molar-refractivity contribution in [2.45, 2.75) is 19.4 Å². The third kappa shape index (κ3) is 3.09. The monoisotopic (exact) mass is 236 g/mol. The predicted molar refractivity (Wildman–Crippen MR) is 67.0 cm³/mol. The molecule has 1 fully saturated rings. The lowest BCUT2D eigenvalue weighted by Crippen LogP contribution is -2.32. The van der Waals surface area contributed by atoms with Crippen LogP contribution in [0, 0.1) is 6.92 Å². The number of ketones is 1. The molecular weight excluding hydrogens is 220 g/mol. The zero-order valence-corrected chi connectivity index (χ0v) is 10.3. The van der Waals surface area contributed by atoms with Crippen LogP contribution in [0.3, 0.4) is 0 Å². The summed E-state index contributed by atoms with van der Waals surface area (Å²) in [6.07, 6.45) is 0.297. The summed E-state index contributed by atoms with van der Waals surface area (Å²) in [6.45, 7) is 2.75. The van der Waals surface area contributed by atoms with E-state index < -0.39 is 0 Å². The van der Waals surface area contributed by atoms with Crippen LogP contribution in [0.4, 0.5) is 0 Å². The molecule has 0 amide bonds. The quantitative estimate of drug-likeness (QED) is 0.805. The highest BCUT2D eigenvalue weighted by molar-refractivity contribution is 7.99. The minimum absolute atomic E-state index is 0.194. The molecule has 1 aliphatic rings. The second-order valence-electron chi connectivity index (χ2n) is 4.06. The van der Waals surface area contributed by atoms with Gasteiger partial charge in [0.05, 0.1) is 6.61 Å². The second kappa shape index (κ2) is 5.51. The van der Waals surface area contributed by atoms with E-state index in [-0.39, 0.29) is 11.9 Å². The van der Waals surface area contributed by atoms with Crippen molar-refractivity contribution >= 4 is 17.5 Å². The van der Waals surface area contributed by atoms with Gasteiger partial charge in [0, 0.05) is 17.9 Å². The van der Waals surface area contributed by atoms with E-state index in [0.29, 0.717) is 13.0 Å². The number of carbonyl (C=O) groups is 1. The van der Waals surface area contributed by atoms with Crippen LogP contribution in [0.15, 0.2) is 24.3 Å². The van der Waals surface area contributed by atoms with Crippen LogP contribution >= 0.6 is 11.8 Å². The van der Waals surface area contributed by atoms with Crippen molar-refractivity contribution in [3.05, 3.63) is 35.4 Å². The van der Waals surface area contributed by atoms with Crippen molar-refractivity contribution in [3.8, 4) is 0 Å². The van der Waals surface area contributed by atoms with Gasteiger partial charge in [0.1, 0.15) is 6.10 Å². The summed E-state index contributed by atoms with van der Waals surface area (Å²) in [5, 5.41) is 0. The van der Waals surface area contributed by atoms with Crippen LogP contribution in [0.5, 0.6) is 0 Å². The first-order chi connectivity index (χ1) is 7.75. The third-order valence-electron chi connectivity index (χ3n) is 2.67. The summed E-state index contributed by atoms with van der Waals surface area (Å²) >= 11 is 1.80. The Kier molecular flexibility index (Phi) is 4.02. The molecule has 0 spiro atoms. The Bertz CT molecular complexity index is 353. The Labute approximate surface area is 100 Å². The number of carbonyl (C=O) groups excluding carboxylic acids is 1. The van der Waals surface area contributed by atoms with Crippen molar-refractivity contribution < 1.29 is 9.53 Å². The van der Waals surface area contributed by atoms with Crippen molar-refractivity contribution in [2.75, 3.05) is 18.1 Å². The zero-order valence-electron chi connectivity index (χ0n) is 9.44. The Morgan fingerprint density at radius 1 is 1.44 bits per heavy atom. The van der Waals surface area contributed by atoms with Gasteiger partial charge in [-0.3, -0.25) is 4.79 Å². The Morgan fingerprint density at radius 3 is 2.81 bits per heavy atom. The fourth-order valence-electron chi connectivity index (χ4n) is 1.69. The highest BCUT2D eigenvalue weighted by Gasteiger charge is 2.21. The van der Waals surface area contributed by atoms with Crippen LogP contribution in [0.2, 0.25) is 0 Å². The normalized spacial score (nSPS) is 20.7. The van der Waals surface area contributed by atoms with Gasteiger partial charge in [0.25, 0.3) is 0 Å². The first kappa shape index (κ1) is 11.7. The fourth-order valence-corrected chi connectivity index (χ4v) is 2.57. The summed E-state index contributed by atoms with van der Waals surface area (Å²) in [5.41, 5.74) is 2.30. The summed E-state index contributed by atoms with van der Waals surface area (Å²) in [5.74, 6) is 2.02. The maximum Gasteiger partial charge on any atom is 0.166 e. The molecule has 1 atom stereocenters. The number of ether oxygens (including phenoxy) is 1. The molecule has 1 unspecified atom stereocenters. The van der Waals surface area contributed by atoms with E-state index in [9.17, 15) is 4.79 Å². The summed E-state index contributed by atoms with van der Waals surface area (Å²) in [7, 11) is 0. The molecule has 1 saturated heterocycles. The van der Waals surface area contributed by atoms with Gasteiger partial charge in [-0.2, -0.15) is 11.8 Å². The molecule has 0 aliphatic carbocycles. The van der Waals surface area contributed by atoms with Crippen molar-refractivity contribution in [1.29, 1.82) is 0 Å². The summed E-state index contributed by atoms with van der Waals surface area (Å²) in [4.78, 5) is 11.9. The maximum atomic E-state index is 11.9. The molecule has 0 radical (unpaired) electrons. The highest BCUT2D eigenvalue weighted by Crippen LogP contribution is 2.15. The minimum Gasteiger partial charge on any atom is -0.369 e. The van der Waals surface area contributed by atoms with Gasteiger partial charge in [0.2, 0.25) is 0 Å². The molecule has 1 aromatic carbocycles. The van der Waals surface area contributed by atoms with E-state index in [4.69, 9.17) is 4.74 Å². The van der Waals surface area contributed by atoms with Gasteiger partial charge in [-0.1, -0.05) is 29.8 Å². The highest BCUT2D eigenvalue weighted by atomic mass is 32.2. The average Bonchev–Trinajstić information content (AvgIpc) is 2.33. The standard InChI is InChI=1S/C13H16O2S/c1-10-2-4-11(5-3-10)8-12(14)13-9-16-7-6-15-13/h2-5,13H,6-9H2,1H3. The molecule has 0 bridgehead atoms. The topological polar surface area (TPSA) is 26.3 Å². The lowest BCUT2D eigenvalue weighted by molar-refractivity contribution is -0.128. The van der Waals surface area contributed by atoms with Crippen LogP contribution in [0.25, 0.3) is 0 Å². The number of hydrogen-bond acceptors (Lipinski definition) is 3. The lowest BCUT2D eigenvalue weighted by atomic mass is 10.0. The fraction of sp³-hybridized carbons (Fsp3) is 0.462. The molecule has 0 saturated carbocycles. The molecule has 0 aromatic heterocycles. The van der Waals surface area contributed by atoms with Crippen LogP contribution in [0.1, 0.15) is 11.1 Å². The lowest BCUT2D eigenvalue weighted by Gasteiger charge is -2.20. The van der Waals surface area contributed by atoms with Crippen molar-refractivity contribution in [3.63, 3.8) is 0 Å². The van der Waals surface area contributed by atoms with Gasteiger partial charge in [-0.15, -0.1) is 0 Å². The van der Waals surface area contributed by atoms with Crippen molar-refractivity contribution in [2.24, 2.45) is 0 Å². The maximum absolute atomic E-state index is 11.9. The summed E-state index contributed by atoms with van der Waals surface area (Å²) < 4.78 is 5.47. The number of Topliss-reactive ketones (excluding diaryl/α,β-unsaturated/α-hetero) is 1. The molecule has 3 heteroatoms. The largest absolute Gasteiger partial charge is 0.369 e. The number of thioether (sulfide) groups is 1. The van der Waals surface area contributed by atoms with E-state index in [1.807, 2.05) is 31.2 Å². The van der Waals surface area contributed by atoms with Gasteiger partial charge < -0.3 is 4.74 Å². The Hall–Kier alpha value is -0.800. The molecule has 1 heterocycles. The Morgan fingerprint density at radius 2 is 2.19 bits per heavy atom. The Balaban J connectivity index is 1.93. The number of rotatable bonds is 3. The summed E-state index contributed by atoms with van der Waals surface area (Å²) in [6, 6.07) is 8.12. The number of aryl methyl sites for hydroxylation is 1. The first-order valence-electron chi connectivity index (χ1n) is 5.53. The van der Waals surface area contributed by atoms with Gasteiger partial charge in [0.15, 0.2) is 5.78 Å². The van der Waals surface area contributed by atoms with Crippen LogP contribution in [-0.2, 0) is 16.0 Å². The molecule has 16 heavy (non-hydrogen) atoms. The van der Waals surface area contributed by atoms with Crippen LogP contribution in [-0.4, -0.2) is 30.0 Å². The third-order valence-corrected chi connectivity index (χ3v) is 3.67. The van der Waals surface area contributed by atoms with Gasteiger partial charge in [-0.05, 0) is 12.5 Å². The molecular formula is C13H16O2S. The van der Waals surface area contributed by atoms with E-state index in [2.05, 4.69) is 0 Å². The number of benzene rings is 1. The first-order valence-corrected chi connectivity index (χ1v) is 6.69. The smallest absolute Gasteiger partial charge is 0.166 e. The molecule has 2 nitrogen and oxygen atoms in total. The molecule has 86 valence electrons. The van der Waals surface area contributed by atoms with E-state index in [1.54, 1.807) is 11.8 Å². The molecule has 1 aromatic rings. The van der Waals surface area contributed by atoms with Gasteiger partial charge in [-0.25, -0.2) is 0 Å². The SMILES string of the molecule is Cc1ccc(CC(=O)C2CSCCO2)cc1. The second-order valence-corrected chi connectivity index (χ2v) is 5.21. The van der Waals surface area contributed by atoms with E-state index in [0.717, 1.165) is 17.1 Å². The van der Waals surface area contributed by atoms with E-state index in [1.165, 1.54) is 5.56 Å². The molecule has 0 N–H and O–H groups in total. The average molecular weight is 236 g/mol. The van der Waals surface area contributed by atoms with Crippen LogP contribution < -0.4 is 0 Å². The van der Waals surface area contributed by atoms with Crippen molar-refractivity contribution in [1.82, 2.24) is 0 Å².